The van der Waals surface area contributed by atoms with Gasteiger partial charge in [-0.15, -0.1) is 23.2 Å². The van der Waals surface area contributed by atoms with Crippen LogP contribution in [-0.4, -0.2) is 9.75 Å². The van der Waals surface area contributed by atoms with Gasteiger partial charge in [-0.1, -0.05) is 0 Å². The molecule has 0 aromatic carbocycles. The van der Waals surface area contributed by atoms with Gasteiger partial charge in [0.2, 0.25) is 0 Å². The first-order chi connectivity index (χ1) is 4.18. The largest absolute Gasteiger partial charge is 0.118 e. The van der Waals surface area contributed by atoms with E-state index in [0.717, 1.165) is 11.8 Å². The number of rotatable bonds is 0. The van der Waals surface area contributed by atoms with Crippen LogP contribution in [0.2, 0.25) is 0 Å². The molecular weight excluding hydrogens is 155 g/mol. The molecule has 4 unspecified atom stereocenters. The second-order valence-electron chi connectivity index (χ2n) is 4.11. The maximum absolute atomic E-state index is 6.26. The van der Waals surface area contributed by atoms with Crippen LogP contribution in [0.1, 0.15) is 12.8 Å². The zero-order valence-electron chi connectivity index (χ0n) is 4.82. The van der Waals surface area contributed by atoms with Gasteiger partial charge in [0.15, 0.2) is 0 Å². The number of halogens is 2. The number of fused-ring (bicyclic) bond motifs is 2. The second-order valence-corrected chi connectivity index (χ2v) is 5.46. The Morgan fingerprint density at radius 3 is 1.44 bits per heavy atom. The molecule has 4 aliphatic rings. The summed E-state index contributed by atoms with van der Waals surface area (Å²) in [5.41, 5.74) is 0.517. The van der Waals surface area contributed by atoms with Crippen LogP contribution < -0.4 is 0 Å². The van der Waals surface area contributed by atoms with Crippen molar-refractivity contribution in [2.24, 2.45) is 17.3 Å². The normalized spacial score (nSPS) is 94.0. The first-order valence-corrected chi connectivity index (χ1v) is 4.31. The van der Waals surface area contributed by atoms with E-state index in [4.69, 9.17) is 23.2 Å². The van der Waals surface area contributed by atoms with E-state index in [9.17, 15) is 0 Å². The van der Waals surface area contributed by atoms with Crippen molar-refractivity contribution < 1.29 is 0 Å². The number of hydrogen-bond acceptors (Lipinski definition) is 0. The average molecular weight is 161 g/mol. The molecule has 4 saturated carbocycles. The summed E-state index contributed by atoms with van der Waals surface area (Å²) in [5.74, 6) is 1.68. The van der Waals surface area contributed by atoms with E-state index in [2.05, 4.69) is 0 Å². The maximum atomic E-state index is 6.26. The molecule has 0 heterocycles. The predicted octanol–water partition coefficient (Wildman–Crippen LogP) is 2.00. The second kappa shape index (κ2) is 0.698. The van der Waals surface area contributed by atoms with Gasteiger partial charge in [0.05, 0.1) is 9.75 Å². The molecule has 0 saturated heterocycles. The summed E-state index contributed by atoms with van der Waals surface area (Å²) >= 11 is 12.5. The van der Waals surface area contributed by atoms with Gasteiger partial charge >= 0.3 is 0 Å². The molecule has 4 aliphatic carbocycles. The van der Waals surface area contributed by atoms with Crippen LogP contribution in [0.15, 0.2) is 0 Å². The van der Waals surface area contributed by atoms with Gasteiger partial charge in [-0.3, -0.25) is 0 Å². The third kappa shape index (κ3) is 0.157. The van der Waals surface area contributed by atoms with Crippen LogP contribution in [-0.2, 0) is 0 Å². The van der Waals surface area contributed by atoms with E-state index in [1.807, 2.05) is 0 Å². The standard InChI is InChI=1S/C7H6Cl2/c8-5-1-3-6(9)2-4(5)7(3,5)6/h3-4H,1-2H2. The fourth-order valence-corrected chi connectivity index (χ4v) is 5.59. The van der Waals surface area contributed by atoms with Gasteiger partial charge in [-0.25, -0.2) is 0 Å². The van der Waals surface area contributed by atoms with Crippen molar-refractivity contribution in [3.63, 3.8) is 0 Å². The first kappa shape index (κ1) is 4.46. The summed E-state index contributed by atoms with van der Waals surface area (Å²) in [6.07, 6.45) is 2.45. The highest BCUT2D eigenvalue weighted by Crippen LogP contribution is 3.09. The van der Waals surface area contributed by atoms with Crippen molar-refractivity contribution in [3.8, 4) is 0 Å². The maximum Gasteiger partial charge on any atom is 0.0565 e. The summed E-state index contributed by atoms with van der Waals surface area (Å²) in [4.78, 5) is 0.471. The van der Waals surface area contributed by atoms with E-state index in [1.54, 1.807) is 0 Å². The highest BCUT2D eigenvalue weighted by atomic mass is 35.5. The molecule has 1 spiro atoms. The molecule has 4 fully saturated rings. The van der Waals surface area contributed by atoms with E-state index in [1.165, 1.54) is 12.8 Å². The summed E-state index contributed by atoms with van der Waals surface area (Å²) < 4.78 is 0. The van der Waals surface area contributed by atoms with Crippen LogP contribution >= 0.6 is 23.2 Å². The topological polar surface area (TPSA) is 0 Å². The molecule has 0 nitrogen and oxygen atoms in total. The molecule has 0 N–H and O–H groups in total. The average Bonchev–Trinajstić information content (AvgIpc) is 2.15. The van der Waals surface area contributed by atoms with Crippen LogP contribution in [0, 0.1) is 17.3 Å². The van der Waals surface area contributed by atoms with Crippen molar-refractivity contribution >= 4 is 23.2 Å². The van der Waals surface area contributed by atoms with Crippen molar-refractivity contribution in [2.75, 3.05) is 0 Å². The Balaban J connectivity index is 2.06. The third-order valence-corrected chi connectivity index (χ3v) is 5.88. The Labute approximate surface area is 63.5 Å². The SMILES string of the molecule is ClC12CC3C4(Cl)CC1C324. The molecular formula is C7H6Cl2. The Hall–Kier alpha value is 0.580. The molecule has 0 bridgehead atoms. The zero-order chi connectivity index (χ0) is 6.07. The van der Waals surface area contributed by atoms with Crippen LogP contribution in [0.4, 0.5) is 0 Å². The smallest absolute Gasteiger partial charge is 0.0565 e. The van der Waals surface area contributed by atoms with Crippen LogP contribution in [0.25, 0.3) is 0 Å². The molecule has 4 atom stereocenters. The van der Waals surface area contributed by atoms with Gasteiger partial charge in [0.1, 0.15) is 0 Å². The van der Waals surface area contributed by atoms with Crippen LogP contribution in [0.3, 0.4) is 0 Å². The monoisotopic (exact) mass is 160 g/mol. The van der Waals surface area contributed by atoms with Gasteiger partial charge < -0.3 is 0 Å². The quantitative estimate of drug-likeness (QED) is 0.476. The minimum absolute atomic E-state index is 0.236. The number of alkyl halides is 2. The lowest BCUT2D eigenvalue weighted by Gasteiger charge is -2.17. The minimum Gasteiger partial charge on any atom is -0.118 e. The van der Waals surface area contributed by atoms with E-state index < -0.39 is 0 Å². The lowest BCUT2D eigenvalue weighted by molar-refractivity contribution is 0.469. The fraction of sp³-hybridized carbons (Fsp3) is 1.00. The summed E-state index contributed by atoms with van der Waals surface area (Å²) in [7, 11) is 0. The highest BCUT2D eigenvalue weighted by molar-refractivity contribution is 6.38. The lowest BCUT2D eigenvalue weighted by atomic mass is 10.00. The molecule has 2 heteroatoms. The van der Waals surface area contributed by atoms with Gasteiger partial charge in [0, 0.05) is 5.41 Å². The fourth-order valence-electron chi connectivity index (χ4n) is 3.98. The Morgan fingerprint density at radius 1 is 1.00 bits per heavy atom. The molecule has 0 aromatic heterocycles. The molecule has 0 aromatic rings. The van der Waals surface area contributed by atoms with Crippen LogP contribution in [0.5, 0.6) is 0 Å². The first-order valence-electron chi connectivity index (χ1n) is 3.56. The molecule has 48 valence electrons. The van der Waals surface area contributed by atoms with E-state index in [0.29, 0.717) is 5.41 Å². The molecule has 4 rings (SSSR count). The highest BCUT2D eigenvalue weighted by Gasteiger charge is 3.12. The third-order valence-electron chi connectivity index (χ3n) is 4.42. The Kier molecular flexibility index (Phi) is 0.346. The molecule has 0 amide bonds. The summed E-state index contributed by atoms with van der Waals surface area (Å²) in [6.45, 7) is 0. The van der Waals surface area contributed by atoms with Crippen molar-refractivity contribution in [1.82, 2.24) is 0 Å². The summed E-state index contributed by atoms with van der Waals surface area (Å²) in [5, 5.41) is 0. The Morgan fingerprint density at radius 2 is 1.44 bits per heavy atom. The Bertz CT molecular complexity index is 223. The van der Waals surface area contributed by atoms with Gasteiger partial charge in [-0.2, -0.15) is 0 Å². The lowest BCUT2D eigenvalue weighted by Crippen LogP contribution is -2.17. The van der Waals surface area contributed by atoms with Gasteiger partial charge in [0.25, 0.3) is 0 Å². The van der Waals surface area contributed by atoms with Crippen molar-refractivity contribution in [3.05, 3.63) is 0 Å². The molecule has 9 heavy (non-hydrogen) atoms. The van der Waals surface area contributed by atoms with Gasteiger partial charge in [-0.05, 0) is 24.7 Å². The minimum atomic E-state index is 0.236. The van der Waals surface area contributed by atoms with Crippen molar-refractivity contribution in [2.45, 2.75) is 22.6 Å². The zero-order valence-corrected chi connectivity index (χ0v) is 6.34. The van der Waals surface area contributed by atoms with Crippen molar-refractivity contribution in [1.29, 1.82) is 0 Å². The summed E-state index contributed by atoms with van der Waals surface area (Å²) in [6, 6.07) is 0. The molecule has 0 radical (unpaired) electrons. The number of hydrogen-bond donors (Lipinski definition) is 0. The van der Waals surface area contributed by atoms with E-state index in [-0.39, 0.29) is 9.75 Å². The predicted molar refractivity (Wildman–Crippen MR) is 35.8 cm³/mol. The van der Waals surface area contributed by atoms with E-state index >= 15 is 0 Å². The molecule has 0 aliphatic heterocycles.